The Morgan fingerprint density at radius 2 is 1.62 bits per heavy atom. The number of carbonyl (C=O) groups is 1. The van der Waals surface area contributed by atoms with Gasteiger partial charge in [0.15, 0.2) is 0 Å². The summed E-state index contributed by atoms with van der Waals surface area (Å²) in [5.41, 5.74) is 5.90. The minimum atomic E-state index is -0.286. The zero-order valence-electron chi connectivity index (χ0n) is 13.1. The van der Waals surface area contributed by atoms with Gasteiger partial charge in [0, 0.05) is 11.1 Å². The number of nitrogens with one attached hydrogen (secondary N) is 1. The first kappa shape index (κ1) is 16.0. The smallest absolute Gasteiger partial charge is 0.266 e. The fourth-order valence-corrected chi connectivity index (χ4v) is 2.90. The van der Waals surface area contributed by atoms with Crippen LogP contribution in [0.15, 0.2) is 65.8 Å². The summed E-state index contributed by atoms with van der Waals surface area (Å²) in [7, 11) is 0. The van der Waals surface area contributed by atoms with Gasteiger partial charge < -0.3 is 0 Å². The molecule has 0 unspecified atom stereocenters. The van der Waals surface area contributed by atoms with E-state index in [0.29, 0.717) is 22.7 Å². The van der Waals surface area contributed by atoms with E-state index in [1.165, 1.54) is 0 Å². The summed E-state index contributed by atoms with van der Waals surface area (Å²) in [5.74, 6) is -0.286. The van der Waals surface area contributed by atoms with Crippen LogP contribution in [0.1, 0.15) is 33.4 Å². The number of nitrogens with zero attached hydrogens (tertiary/aromatic N) is 3. The van der Waals surface area contributed by atoms with Crippen LogP contribution in [0.4, 0.5) is 0 Å². The maximum Gasteiger partial charge on any atom is 0.285 e. The van der Waals surface area contributed by atoms with Crippen LogP contribution >= 0.6 is 11.5 Å². The Balaban J connectivity index is 1.92. The SMILES string of the molecule is CCc1nnsc1C(=O)NN=C(c1ccccc1)c1ccccc1. The fraction of sp³-hybridized carbons (Fsp3) is 0.111. The number of benzene rings is 2. The molecule has 0 saturated carbocycles. The van der Waals surface area contributed by atoms with Crippen molar-refractivity contribution in [1.29, 1.82) is 0 Å². The second kappa shape index (κ2) is 7.61. The van der Waals surface area contributed by atoms with E-state index in [9.17, 15) is 4.79 Å². The highest BCUT2D eigenvalue weighted by Gasteiger charge is 2.15. The van der Waals surface area contributed by atoms with Crippen LogP contribution in [0.5, 0.6) is 0 Å². The van der Waals surface area contributed by atoms with Gasteiger partial charge in [-0.1, -0.05) is 72.1 Å². The second-order valence-corrected chi connectivity index (χ2v) is 5.79. The number of rotatable bonds is 5. The van der Waals surface area contributed by atoms with Crippen molar-refractivity contribution in [2.75, 3.05) is 0 Å². The number of hydrazone groups is 1. The van der Waals surface area contributed by atoms with Gasteiger partial charge in [0.05, 0.1) is 11.4 Å². The third-order valence-corrected chi connectivity index (χ3v) is 4.23. The molecule has 0 atom stereocenters. The first-order chi connectivity index (χ1) is 11.8. The number of amides is 1. The maximum absolute atomic E-state index is 12.4. The first-order valence-electron chi connectivity index (χ1n) is 7.59. The van der Waals surface area contributed by atoms with Gasteiger partial charge in [-0.2, -0.15) is 5.10 Å². The normalized spacial score (nSPS) is 10.2. The third kappa shape index (κ3) is 3.55. The summed E-state index contributed by atoms with van der Waals surface area (Å²) in [6.45, 7) is 1.94. The van der Waals surface area contributed by atoms with Gasteiger partial charge in [0.25, 0.3) is 5.91 Å². The van der Waals surface area contributed by atoms with Crippen LogP contribution in [0, 0.1) is 0 Å². The highest BCUT2D eigenvalue weighted by Crippen LogP contribution is 2.13. The van der Waals surface area contributed by atoms with Crippen molar-refractivity contribution in [3.05, 3.63) is 82.4 Å². The average molecular weight is 336 g/mol. The number of hydrogen-bond acceptors (Lipinski definition) is 5. The van der Waals surface area contributed by atoms with E-state index in [2.05, 4.69) is 20.1 Å². The molecule has 120 valence electrons. The van der Waals surface area contributed by atoms with Gasteiger partial charge >= 0.3 is 0 Å². The molecule has 0 fully saturated rings. The zero-order chi connectivity index (χ0) is 16.8. The molecular weight excluding hydrogens is 320 g/mol. The Kier molecular flexibility index (Phi) is 5.08. The number of aromatic nitrogens is 2. The van der Waals surface area contributed by atoms with Crippen LogP contribution in [0.25, 0.3) is 0 Å². The molecule has 0 aliphatic carbocycles. The molecule has 0 saturated heterocycles. The number of hydrogen-bond donors (Lipinski definition) is 1. The summed E-state index contributed by atoms with van der Waals surface area (Å²) in [6, 6.07) is 19.5. The molecule has 3 rings (SSSR count). The molecule has 0 bridgehead atoms. The molecule has 0 aliphatic rings. The van der Waals surface area contributed by atoms with Crippen LogP contribution in [0.3, 0.4) is 0 Å². The lowest BCUT2D eigenvalue weighted by molar-refractivity contribution is 0.0958. The third-order valence-electron chi connectivity index (χ3n) is 3.46. The molecule has 2 aromatic carbocycles. The zero-order valence-corrected chi connectivity index (χ0v) is 14.0. The van der Waals surface area contributed by atoms with Crippen molar-refractivity contribution >= 4 is 23.2 Å². The Morgan fingerprint density at radius 1 is 1.04 bits per heavy atom. The van der Waals surface area contributed by atoms with Crippen LogP contribution in [0.2, 0.25) is 0 Å². The lowest BCUT2D eigenvalue weighted by Crippen LogP contribution is -2.20. The van der Waals surface area contributed by atoms with E-state index in [0.717, 1.165) is 22.7 Å². The first-order valence-corrected chi connectivity index (χ1v) is 8.37. The average Bonchev–Trinajstić information content (AvgIpc) is 3.12. The fourth-order valence-electron chi connectivity index (χ4n) is 2.26. The molecule has 0 aliphatic heterocycles. The monoisotopic (exact) mass is 336 g/mol. The standard InChI is InChI=1S/C18H16N4OS/c1-2-15-17(24-22-19-15)18(23)21-20-16(13-9-5-3-6-10-13)14-11-7-4-8-12-14/h3-12H,2H2,1H3,(H,21,23). The molecular formula is C18H16N4OS. The Hall–Kier alpha value is -2.86. The summed E-state index contributed by atoms with van der Waals surface area (Å²) >= 11 is 1.08. The Bertz CT molecular complexity index is 802. The number of aryl methyl sites for hydroxylation is 1. The number of carbonyl (C=O) groups excluding carboxylic acids is 1. The molecule has 3 aromatic rings. The topological polar surface area (TPSA) is 67.2 Å². The van der Waals surface area contributed by atoms with Crippen molar-refractivity contribution in [2.45, 2.75) is 13.3 Å². The van der Waals surface area contributed by atoms with Crippen LogP contribution in [-0.4, -0.2) is 21.2 Å². The highest BCUT2D eigenvalue weighted by molar-refractivity contribution is 7.08. The van der Waals surface area contributed by atoms with Crippen molar-refractivity contribution in [3.63, 3.8) is 0 Å². The van der Waals surface area contributed by atoms with Gasteiger partial charge in [-0.15, -0.1) is 5.10 Å². The van der Waals surface area contributed by atoms with Gasteiger partial charge in [0.1, 0.15) is 4.88 Å². The van der Waals surface area contributed by atoms with E-state index in [1.54, 1.807) is 0 Å². The lowest BCUT2D eigenvalue weighted by Gasteiger charge is -2.07. The molecule has 1 amide bonds. The predicted octanol–water partition coefficient (Wildman–Crippen LogP) is 3.28. The maximum atomic E-state index is 12.4. The van der Waals surface area contributed by atoms with E-state index in [-0.39, 0.29) is 5.91 Å². The molecule has 1 N–H and O–H groups in total. The highest BCUT2D eigenvalue weighted by atomic mass is 32.1. The molecule has 6 heteroatoms. The minimum absolute atomic E-state index is 0.286. The second-order valence-electron chi connectivity index (χ2n) is 5.04. The van der Waals surface area contributed by atoms with Crippen molar-refractivity contribution in [1.82, 2.24) is 15.0 Å². The molecule has 5 nitrogen and oxygen atoms in total. The predicted molar refractivity (Wildman–Crippen MR) is 95.3 cm³/mol. The molecule has 1 aromatic heterocycles. The van der Waals surface area contributed by atoms with Gasteiger partial charge in [-0.3, -0.25) is 4.79 Å². The summed E-state index contributed by atoms with van der Waals surface area (Å²) in [6.07, 6.45) is 0.660. The van der Waals surface area contributed by atoms with Crippen LogP contribution < -0.4 is 5.43 Å². The summed E-state index contributed by atoms with van der Waals surface area (Å²) in [4.78, 5) is 12.9. The van der Waals surface area contributed by atoms with Gasteiger partial charge in [0.2, 0.25) is 0 Å². The summed E-state index contributed by atoms with van der Waals surface area (Å²) < 4.78 is 3.84. The minimum Gasteiger partial charge on any atom is -0.266 e. The molecule has 1 heterocycles. The van der Waals surface area contributed by atoms with E-state index in [4.69, 9.17) is 0 Å². The molecule has 0 radical (unpaired) electrons. The molecule has 24 heavy (non-hydrogen) atoms. The quantitative estimate of drug-likeness (QED) is 0.574. The van der Waals surface area contributed by atoms with E-state index >= 15 is 0 Å². The van der Waals surface area contributed by atoms with E-state index < -0.39 is 0 Å². The van der Waals surface area contributed by atoms with Gasteiger partial charge in [-0.25, -0.2) is 5.43 Å². The lowest BCUT2D eigenvalue weighted by atomic mass is 10.0. The van der Waals surface area contributed by atoms with E-state index in [1.807, 2.05) is 67.6 Å². The largest absolute Gasteiger partial charge is 0.285 e. The summed E-state index contributed by atoms with van der Waals surface area (Å²) in [5, 5.41) is 8.32. The van der Waals surface area contributed by atoms with Crippen molar-refractivity contribution in [3.8, 4) is 0 Å². The molecule has 0 spiro atoms. The Morgan fingerprint density at radius 3 is 2.17 bits per heavy atom. The Labute approximate surface area is 144 Å². The van der Waals surface area contributed by atoms with Crippen molar-refractivity contribution in [2.24, 2.45) is 5.10 Å². The van der Waals surface area contributed by atoms with Crippen molar-refractivity contribution < 1.29 is 4.79 Å². The van der Waals surface area contributed by atoms with Crippen LogP contribution in [-0.2, 0) is 6.42 Å². The van der Waals surface area contributed by atoms with Gasteiger partial charge in [-0.05, 0) is 18.0 Å².